The van der Waals surface area contributed by atoms with Crippen LogP contribution in [0.25, 0.3) is 11.5 Å². The maximum absolute atomic E-state index is 12.8. The van der Waals surface area contributed by atoms with E-state index in [1.54, 1.807) is 0 Å². The Labute approximate surface area is 135 Å². The molecule has 0 unspecified atom stereocenters. The van der Waals surface area contributed by atoms with E-state index < -0.39 is 0 Å². The zero-order valence-electron chi connectivity index (χ0n) is 11.9. The second-order valence-corrected chi connectivity index (χ2v) is 5.51. The first-order valence-electron chi connectivity index (χ1n) is 6.78. The Morgan fingerprint density at radius 2 is 1.83 bits per heavy atom. The number of carbonyl (C=O) groups is 1. The minimum atomic E-state index is -0.350. The molecular formula is C16H12FN3O2S. The topological polar surface area (TPSA) is 68.0 Å². The minimum absolute atomic E-state index is 0.119. The SMILES string of the molecule is O=C(CSc1nnc(-c2ccccc2)o1)Nc1ccc(F)cc1. The van der Waals surface area contributed by atoms with E-state index >= 15 is 0 Å². The molecule has 0 aliphatic carbocycles. The lowest BCUT2D eigenvalue weighted by Crippen LogP contribution is -2.13. The molecule has 0 atom stereocenters. The number of nitrogens with one attached hydrogen (secondary N) is 1. The van der Waals surface area contributed by atoms with Crippen LogP contribution in [0.1, 0.15) is 0 Å². The summed E-state index contributed by atoms with van der Waals surface area (Å²) in [4.78, 5) is 11.8. The van der Waals surface area contributed by atoms with Gasteiger partial charge in [-0.15, -0.1) is 10.2 Å². The fraction of sp³-hybridized carbons (Fsp3) is 0.0625. The van der Waals surface area contributed by atoms with Crippen molar-refractivity contribution in [3.8, 4) is 11.5 Å². The Bertz CT molecular complexity index is 791. The lowest BCUT2D eigenvalue weighted by atomic mass is 10.2. The van der Waals surface area contributed by atoms with E-state index in [9.17, 15) is 9.18 Å². The molecule has 5 nitrogen and oxygen atoms in total. The second-order valence-electron chi connectivity index (χ2n) is 4.58. The molecule has 0 radical (unpaired) electrons. The van der Waals surface area contributed by atoms with Crippen LogP contribution in [0.2, 0.25) is 0 Å². The van der Waals surface area contributed by atoms with Gasteiger partial charge in [0.05, 0.1) is 5.75 Å². The Morgan fingerprint density at radius 3 is 2.57 bits per heavy atom. The molecule has 116 valence electrons. The van der Waals surface area contributed by atoms with Crippen LogP contribution in [-0.4, -0.2) is 21.9 Å². The summed E-state index contributed by atoms with van der Waals surface area (Å²) in [5, 5.41) is 10.8. The molecule has 1 aromatic heterocycles. The average molecular weight is 329 g/mol. The molecule has 0 spiro atoms. The lowest BCUT2D eigenvalue weighted by molar-refractivity contribution is -0.113. The van der Waals surface area contributed by atoms with Gasteiger partial charge in [0.1, 0.15) is 5.82 Å². The van der Waals surface area contributed by atoms with Crippen molar-refractivity contribution in [1.82, 2.24) is 10.2 Å². The van der Waals surface area contributed by atoms with Crippen molar-refractivity contribution >= 4 is 23.4 Å². The Hall–Kier alpha value is -2.67. The molecule has 0 aliphatic rings. The van der Waals surface area contributed by atoms with E-state index in [2.05, 4.69) is 15.5 Å². The van der Waals surface area contributed by atoms with Crippen molar-refractivity contribution in [3.05, 3.63) is 60.4 Å². The standard InChI is InChI=1S/C16H12FN3O2S/c17-12-6-8-13(9-7-12)18-14(21)10-23-16-20-19-15(22-16)11-4-2-1-3-5-11/h1-9H,10H2,(H,18,21). The van der Waals surface area contributed by atoms with Crippen molar-refractivity contribution in [3.63, 3.8) is 0 Å². The summed E-state index contributed by atoms with van der Waals surface area (Å²) in [6.07, 6.45) is 0. The summed E-state index contributed by atoms with van der Waals surface area (Å²) in [6, 6.07) is 14.9. The first kappa shape index (κ1) is 15.2. The third kappa shape index (κ3) is 4.17. The fourth-order valence-corrected chi connectivity index (χ4v) is 2.39. The number of hydrogen-bond acceptors (Lipinski definition) is 5. The van der Waals surface area contributed by atoms with Crippen molar-refractivity contribution in [2.75, 3.05) is 11.1 Å². The maximum Gasteiger partial charge on any atom is 0.277 e. The number of rotatable bonds is 5. The van der Waals surface area contributed by atoms with Gasteiger partial charge in [-0.25, -0.2) is 4.39 Å². The van der Waals surface area contributed by atoms with Gasteiger partial charge in [0.15, 0.2) is 0 Å². The Balaban J connectivity index is 1.55. The number of benzene rings is 2. The van der Waals surface area contributed by atoms with Gasteiger partial charge in [0, 0.05) is 11.3 Å². The van der Waals surface area contributed by atoms with Crippen LogP contribution in [0.4, 0.5) is 10.1 Å². The van der Waals surface area contributed by atoms with E-state index in [0.29, 0.717) is 16.8 Å². The minimum Gasteiger partial charge on any atom is -0.411 e. The Kier molecular flexibility index (Phi) is 4.68. The second kappa shape index (κ2) is 7.06. The molecule has 1 amide bonds. The van der Waals surface area contributed by atoms with Gasteiger partial charge in [-0.05, 0) is 36.4 Å². The number of carbonyl (C=O) groups excluding carboxylic acids is 1. The summed E-state index contributed by atoms with van der Waals surface area (Å²) in [5.41, 5.74) is 1.36. The predicted octanol–water partition coefficient (Wildman–Crippen LogP) is 3.61. The number of amides is 1. The highest BCUT2D eigenvalue weighted by atomic mass is 32.2. The summed E-state index contributed by atoms with van der Waals surface area (Å²) < 4.78 is 18.3. The zero-order chi connectivity index (χ0) is 16.1. The molecule has 2 aromatic carbocycles. The normalized spacial score (nSPS) is 10.5. The van der Waals surface area contributed by atoms with Crippen LogP contribution in [0.15, 0.2) is 64.2 Å². The monoisotopic (exact) mass is 329 g/mol. The molecule has 1 N–H and O–H groups in total. The van der Waals surface area contributed by atoms with Crippen LogP contribution in [0, 0.1) is 5.82 Å². The highest BCUT2D eigenvalue weighted by molar-refractivity contribution is 7.99. The predicted molar refractivity (Wildman–Crippen MR) is 85.5 cm³/mol. The number of thioether (sulfide) groups is 1. The van der Waals surface area contributed by atoms with Gasteiger partial charge >= 0.3 is 0 Å². The summed E-state index contributed by atoms with van der Waals surface area (Å²) in [7, 11) is 0. The highest BCUT2D eigenvalue weighted by Gasteiger charge is 2.11. The fourth-order valence-electron chi connectivity index (χ4n) is 1.82. The van der Waals surface area contributed by atoms with Gasteiger partial charge < -0.3 is 9.73 Å². The van der Waals surface area contributed by atoms with E-state index in [1.165, 1.54) is 24.3 Å². The quantitative estimate of drug-likeness (QED) is 0.724. The number of aromatic nitrogens is 2. The third-order valence-corrected chi connectivity index (χ3v) is 3.70. The van der Waals surface area contributed by atoms with Gasteiger partial charge in [-0.2, -0.15) is 0 Å². The molecular weight excluding hydrogens is 317 g/mol. The average Bonchev–Trinajstić information content (AvgIpc) is 3.05. The van der Waals surface area contributed by atoms with Crippen molar-refractivity contribution in [2.45, 2.75) is 5.22 Å². The van der Waals surface area contributed by atoms with Crippen LogP contribution >= 0.6 is 11.8 Å². The first-order chi connectivity index (χ1) is 11.2. The van der Waals surface area contributed by atoms with Crippen LogP contribution < -0.4 is 5.32 Å². The molecule has 0 aliphatic heterocycles. The van der Waals surface area contributed by atoms with Crippen LogP contribution in [-0.2, 0) is 4.79 Å². The largest absolute Gasteiger partial charge is 0.411 e. The molecule has 0 bridgehead atoms. The summed E-state index contributed by atoms with van der Waals surface area (Å²) in [6.45, 7) is 0. The van der Waals surface area contributed by atoms with E-state index in [4.69, 9.17) is 4.42 Å². The summed E-state index contributed by atoms with van der Waals surface area (Å²) in [5.74, 6) is -0.0573. The van der Waals surface area contributed by atoms with Crippen molar-refractivity contribution < 1.29 is 13.6 Å². The van der Waals surface area contributed by atoms with E-state index in [0.717, 1.165) is 17.3 Å². The van der Waals surface area contributed by atoms with E-state index in [-0.39, 0.29) is 17.5 Å². The van der Waals surface area contributed by atoms with Gasteiger partial charge in [-0.3, -0.25) is 4.79 Å². The molecule has 7 heteroatoms. The molecule has 3 aromatic rings. The highest BCUT2D eigenvalue weighted by Crippen LogP contribution is 2.23. The molecule has 0 saturated carbocycles. The molecule has 23 heavy (non-hydrogen) atoms. The van der Waals surface area contributed by atoms with Crippen LogP contribution in [0.5, 0.6) is 0 Å². The number of hydrogen-bond donors (Lipinski definition) is 1. The molecule has 3 rings (SSSR count). The third-order valence-electron chi connectivity index (χ3n) is 2.88. The summed E-state index contributed by atoms with van der Waals surface area (Å²) >= 11 is 1.14. The first-order valence-corrected chi connectivity index (χ1v) is 7.76. The smallest absolute Gasteiger partial charge is 0.277 e. The van der Waals surface area contributed by atoms with Gasteiger partial charge in [-0.1, -0.05) is 30.0 Å². The van der Waals surface area contributed by atoms with Crippen LogP contribution in [0.3, 0.4) is 0 Å². The lowest BCUT2D eigenvalue weighted by Gasteiger charge is -2.03. The number of halogens is 1. The number of anilines is 1. The zero-order valence-corrected chi connectivity index (χ0v) is 12.7. The van der Waals surface area contributed by atoms with Crippen molar-refractivity contribution in [2.24, 2.45) is 0 Å². The van der Waals surface area contributed by atoms with E-state index in [1.807, 2.05) is 30.3 Å². The van der Waals surface area contributed by atoms with Crippen molar-refractivity contribution in [1.29, 1.82) is 0 Å². The maximum atomic E-state index is 12.8. The Morgan fingerprint density at radius 1 is 1.09 bits per heavy atom. The molecule has 1 heterocycles. The molecule has 0 saturated heterocycles. The molecule has 0 fully saturated rings. The van der Waals surface area contributed by atoms with Gasteiger partial charge in [0.2, 0.25) is 11.8 Å². The van der Waals surface area contributed by atoms with Gasteiger partial charge in [0.25, 0.3) is 5.22 Å². The number of nitrogens with zero attached hydrogens (tertiary/aromatic N) is 2.